The third-order valence-electron chi connectivity index (χ3n) is 6.27. The second kappa shape index (κ2) is 10.7. The van der Waals surface area contributed by atoms with Crippen LogP contribution in [-0.2, 0) is 11.2 Å². The lowest BCUT2D eigenvalue weighted by molar-refractivity contribution is -0.121. The zero-order valence-corrected chi connectivity index (χ0v) is 19.2. The Labute approximate surface area is 200 Å². The number of nitrogens with one attached hydrogen (secondary N) is 2. The zero-order chi connectivity index (χ0) is 23.9. The number of aryl methyl sites for hydroxylation is 1. The summed E-state index contributed by atoms with van der Waals surface area (Å²) in [6, 6.07) is 26.4. The second-order valence-electron chi connectivity index (χ2n) is 8.60. The topological polar surface area (TPSA) is 85.2 Å². The molecule has 6 heteroatoms. The Morgan fingerprint density at radius 1 is 0.912 bits per heavy atom. The van der Waals surface area contributed by atoms with Gasteiger partial charge in [-0.05, 0) is 60.4 Å². The highest BCUT2D eigenvalue weighted by Gasteiger charge is 2.34. The predicted molar refractivity (Wildman–Crippen MR) is 133 cm³/mol. The lowest BCUT2D eigenvalue weighted by atomic mass is 9.83. The van der Waals surface area contributed by atoms with Gasteiger partial charge in [-0.2, -0.15) is 5.26 Å². The number of hydrogen-bond acceptors (Lipinski definition) is 3. The van der Waals surface area contributed by atoms with E-state index in [9.17, 15) is 9.59 Å². The van der Waals surface area contributed by atoms with Crippen molar-refractivity contribution in [3.8, 4) is 6.07 Å². The van der Waals surface area contributed by atoms with Crippen molar-refractivity contribution in [2.45, 2.75) is 25.7 Å². The molecule has 0 spiro atoms. The van der Waals surface area contributed by atoms with Crippen molar-refractivity contribution in [1.82, 2.24) is 4.90 Å². The summed E-state index contributed by atoms with van der Waals surface area (Å²) in [4.78, 5) is 28.0. The minimum Gasteiger partial charge on any atom is -0.326 e. The Bertz CT molecular complexity index is 1170. The molecular weight excluding hydrogens is 424 g/mol. The Morgan fingerprint density at radius 2 is 1.59 bits per heavy atom. The monoisotopic (exact) mass is 452 g/mol. The number of piperidine rings is 1. The first-order chi connectivity index (χ1) is 16.6. The molecule has 1 heterocycles. The summed E-state index contributed by atoms with van der Waals surface area (Å²) in [5.74, 6) is -0.369. The SMILES string of the molecule is CCc1ccc(C2CC(C(=O)Nc3ccccc3)CN(C(=O)Nc3ccc(C#N)cc3)C2)cc1. The average molecular weight is 453 g/mol. The number of anilines is 2. The van der Waals surface area contributed by atoms with Gasteiger partial charge in [0.15, 0.2) is 0 Å². The molecule has 3 aromatic rings. The van der Waals surface area contributed by atoms with Gasteiger partial charge in [0.2, 0.25) is 5.91 Å². The van der Waals surface area contributed by atoms with E-state index in [1.807, 2.05) is 30.3 Å². The zero-order valence-electron chi connectivity index (χ0n) is 19.2. The van der Waals surface area contributed by atoms with E-state index in [0.29, 0.717) is 30.8 Å². The molecular formula is C28H28N4O2. The molecule has 1 aliphatic rings. The third kappa shape index (κ3) is 5.62. The first-order valence-electron chi connectivity index (χ1n) is 11.6. The standard InChI is InChI=1S/C28H28N4O2/c1-2-20-8-12-22(13-9-20)23-16-24(27(33)30-25-6-4-3-5-7-25)19-32(18-23)28(34)31-26-14-10-21(17-29)11-15-26/h3-15,23-24H,2,16,18-19H2,1H3,(H,30,33)(H,31,34). The van der Waals surface area contributed by atoms with E-state index in [1.54, 1.807) is 29.2 Å². The Balaban J connectivity index is 1.53. The van der Waals surface area contributed by atoms with Crippen LogP contribution in [-0.4, -0.2) is 29.9 Å². The van der Waals surface area contributed by atoms with E-state index in [2.05, 4.69) is 47.9 Å². The molecule has 1 fully saturated rings. The number of nitriles is 1. The fourth-order valence-corrected chi connectivity index (χ4v) is 4.32. The van der Waals surface area contributed by atoms with Crippen molar-refractivity contribution >= 4 is 23.3 Å². The molecule has 3 aromatic carbocycles. The molecule has 2 N–H and O–H groups in total. The number of para-hydroxylation sites is 1. The van der Waals surface area contributed by atoms with Gasteiger partial charge in [0.1, 0.15) is 0 Å². The normalized spacial score (nSPS) is 17.5. The largest absolute Gasteiger partial charge is 0.326 e. The second-order valence-corrected chi connectivity index (χ2v) is 8.60. The van der Waals surface area contributed by atoms with Crippen LogP contribution in [0.4, 0.5) is 16.2 Å². The van der Waals surface area contributed by atoms with Gasteiger partial charge >= 0.3 is 6.03 Å². The lowest BCUT2D eigenvalue weighted by Crippen LogP contribution is -2.48. The van der Waals surface area contributed by atoms with Gasteiger partial charge in [0, 0.05) is 30.4 Å². The number of hydrogen-bond donors (Lipinski definition) is 2. The van der Waals surface area contributed by atoms with Crippen molar-refractivity contribution in [2.75, 3.05) is 23.7 Å². The van der Waals surface area contributed by atoms with Crippen molar-refractivity contribution in [3.63, 3.8) is 0 Å². The van der Waals surface area contributed by atoms with Gasteiger partial charge in [-0.3, -0.25) is 4.79 Å². The van der Waals surface area contributed by atoms with Crippen LogP contribution < -0.4 is 10.6 Å². The molecule has 172 valence electrons. The summed E-state index contributed by atoms with van der Waals surface area (Å²) >= 11 is 0. The van der Waals surface area contributed by atoms with Crippen LogP contribution in [0.3, 0.4) is 0 Å². The van der Waals surface area contributed by atoms with Crippen LogP contribution in [0, 0.1) is 17.2 Å². The molecule has 0 aliphatic carbocycles. The molecule has 34 heavy (non-hydrogen) atoms. The lowest BCUT2D eigenvalue weighted by Gasteiger charge is -2.37. The van der Waals surface area contributed by atoms with Crippen LogP contribution in [0.25, 0.3) is 0 Å². The molecule has 0 bridgehead atoms. The maximum absolute atomic E-state index is 13.1. The minimum absolute atomic E-state index is 0.0536. The molecule has 2 atom stereocenters. The first kappa shape index (κ1) is 23.1. The molecule has 0 aromatic heterocycles. The van der Waals surface area contributed by atoms with Gasteiger partial charge < -0.3 is 15.5 Å². The number of nitrogens with zero attached hydrogens (tertiary/aromatic N) is 2. The number of carbonyl (C=O) groups is 2. The van der Waals surface area contributed by atoms with E-state index < -0.39 is 0 Å². The summed E-state index contributed by atoms with van der Waals surface area (Å²) in [5, 5.41) is 14.9. The van der Waals surface area contributed by atoms with Crippen molar-refractivity contribution in [3.05, 3.63) is 95.6 Å². The van der Waals surface area contributed by atoms with Crippen molar-refractivity contribution in [1.29, 1.82) is 5.26 Å². The van der Waals surface area contributed by atoms with E-state index in [-0.39, 0.29) is 23.8 Å². The minimum atomic E-state index is -0.337. The van der Waals surface area contributed by atoms with Crippen LogP contribution in [0.2, 0.25) is 0 Å². The van der Waals surface area contributed by atoms with Gasteiger partial charge in [0.25, 0.3) is 0 Å². The first-order valence-corrected chi connectivity index (χ1v) is 11.6. The summed E-state index contributed by atoms with van der Waals surface area (Å²) in [7, 11) is 0. The van der Waals surface area contributed by atoms with E-state index in [1.165, 1.54) is 5.56 Å². The summed E-state index contributed by atoms with van der Waals surface area (Å²) in [5.41, 5.74) is 4.28. The van der Waals surface area contributed by atoms with Gasteiger partial charge in [-0.15, -0.1) is 0 Å². The summed E-state index contributed by atoms with van der Waals surface area (Å²) in [6.45, 7) is 2.99. The number of rotatable bonds is 5. The number of amides is 3. The number of likely N-dealkylation sites (tertiary alicyclic amines) is 1. The smallest absolute Gasteiger partial charge is 0.321 e. The van der Waals surface area contributed by atoms with E-state index >= 15 is 0 Å². The third-order valence-corrected chi connectivity index (χ3v) is 6.27. The van der Waals surface area contributed by atoms with Crippen molar-refractivity contribution < 1.29 is 9.59 Å². The van der Waals surface area contributed by atoms with Crippen LogP contribution in [0.15, 0.2) is 78.9 Å². The molecule has 1 saturated heterocycles. The highest BCUT2D eigenvalue weighted by Crippen LogP contribution is 2.32. The van der Waals surface area contributed by atoms with Crippen LogP contribution >= 0.6 is 0 Å². The maximum atomic E-state index is 13.1. The van der Waals surface area contributed by atoms with Crippen LogP contribution in [0.5, 0.6) is 0 Å². The predicted octanol–water partition coefficient (Wildman–Crippen LogP) is 5.40. The molecule has 3 amide bonds. The quantitative estimate of drug-likeness (QED) is 0.544. The molecule has 2 unspecified atom stereocenters. The number of benzene rings is 3. The number of carbonyl (C=O) groups excluding carboxylic acids is 2. The fourth-order valence-electron chi connectivity index (χ4n) is 4.32. The molecule has 4 rings (SSSR count). The number of urea groups is 1. The molecule has 0 radical (unpaired) electrons. The summed E-state index contributed by atoms with van der Waals surface area (Å²) < 4.78 is 0. The maximum Gasteiger partial charge on any atom is 0.321 e. The molecule has 1 aliphatic heterocycles. The van der Waals surface area contributed by atoms with Gasteiger partial charge in [0.05, 0.1) is 17.6 Å². The van der Waals surface area contributed by atoms with Gasteiger partial charge in [-0.25, -0.2) is 4.79 Å². The summed E-state index contributed by atoms with van der Waals surface area (Å²) in [6.07, 6.45) is 1.64. The van der Waals surface area contributed by atoms with Crippen LogP contribution in [0.1, 0.15) is 36.0 Å². The van der Waals surface area contributed by atoms with Gasteiger partial charge in [-0.1, -0.05) is 49.4 Å². The highest BCUT2D eigenvalue weighted by molar-refractivity contribution is 5.94. The van der Waals surface area contributed by atoms with E-state index in [0.717, 1.165) is 17.7 Å². The van der Waals surface area contributed by atoms with Crippen molar-refractivity contribution in [2.24, 2.45) is 5.92 Å². The molecule has 0 saturated carbocycles. The average Bonchev–Trinajstić information content (AvgIpc) is 2.89. The highest BCUT2D eigenvalue weighted by atomic mass is 16.2. The van der Waals surface area contributed by atoms with E-state index in [4.69, 9.17) is 5.26 Å². The molecule has 6 nitrogen and oxygen atoms in total. The Morgan fingerprint density at radius 3 is 2.24 bits per heavy atom. The Hall–Kier alpha value is -4.11. The fraction of sp³-hybridized carbons (Fsp3) is 0.250. The Kier molecular flexibility index (Phi) is 7.24.